The Morgan fingerprint density at radius 3 is 2.71 bits per heavy atom. The van der Waals surface area contributed by atoms with Crippen LogP contribution in [0.1, 0.15) is 18.5 Å². The molecule has 0 bridgehead atoms. The van der Waals surface area contributed by atoms with E-state index in [9.17, 15) is 4.79 Å². The molecule has 6 heteroatoms. The first-order valence-electron chi connectivity index (χ1n) is 6.46. The Labute approximate surface area is 133 Å². The number of rotatable bonds is 5. The van der Waals surface area contributed by atoms with Gasteiger partial charge in [0.25, 0.3) is 0 Å². The van der Waals surface area contributed by atoms with Crippen LogP contribution in [-0.4, -0.2) is 17.4 Å². The fourth-order valence-electron chi connectivity index (χ4n) is 1.86. The highest BCUT2D eigenvalue weighted by Crippen LogP contribution is 2.22. The van der Waals surface area contributed by atoms with Crippen molar-refractivity contribution in [2.45, 2.75) is 13.0 Å². The van der Waals surface area contributed by atoms with Crippen LogP contribution in [0.5, 0.6) is 0 Å². The van der Waals surface area contributed by atoms with E-state index in [1.54, 1.807) is 18.3 Å². The molecule has 21 heavy (non-hydrogen) atoms. The summed E-state index contributed by atoms with van der Waals surface area (Å²) in [5, 5.41) is 6.76. The maximum atomic E-state index is 11.9. The summed E-state index contributed by atoms with van der Waals surface area (Å²) in [5.74, 6) is -0.191. The van der Waals surface area contributed by atoms with Gasteiger partial charge in [-0.2, -0.15) is 0 Å². The van der Waals surface area contributed by atoms with Crippen LogP contribution in [0.25, 0.3) is 0 Å². The molecule has 0 spiro atoms. The average Bonchev–Trinajstić information content (AvgIpc) is 2.48. The number of halogens is 2. The number of pyridine rings is 1. The minimum atomic E-state index is -0.191. The van der Waals surface area contributed by atoms with Gasteiger partial charge in [-0.05, 0) is 30.7 Å². The van der Waals surface area contributed by atoms with Gasteiger partial charge in [0.15, 0.2) is 5.15 Å². The zero-order valence-corrected chi connectivity index (χ0v) is 12.9. The Kier molecular flexibility index (Phi) is 5.56. The molecule has 2 aromatic rings. The van der Waals surface area contributed by atoms with Crippen LogP contribution in [-0.2, 0) is 4.79 Å². The predicted molar refractivity (Wildman–Crippen MR) is 85.7 cm³/mol. The van der Waals surface area contributed by atoms with Gasteiger partial charge in [-0.1, -0.05) is 41.4 Å². The number of carbonyl (C=O) groups excluding carboxylic acids is 1. The smallest absolute Gasteiger partial charge is 0.238 e. The van der Waals surface area contributed by atoms with Crippen LogP contribution in [0.4, 0.5) is 5.69 Å². The van der Waals surface area contributed by atoms with Crippen molar-refractivity contribution in [3.63, 3.8) is 0 Å². The molecule has 2 rings (SSSR count). The maximum Gasteiger partial charge on any atom is 0.238 e. The summed E-state index contributed by atoms with van der Waals surface area (Å²) >= 11 is 12.0. The first-order chi connectivity index (χ1) is 10.1. The number of benzene rings is 1. The summed E-state index contributed by atoms with van der Waals surface area (Å²) in [4.78, 5) is 15.8. The third-order valence-electron chi connectivity index (χ3n) is 2.97. The van der Waals surface area contributed by atoms with E-state index >= 15 is 0 Å². The Bertz CT molecular complexity index is 634. The molecule has 0 saturated carbocycles. The molecule has 0 aliphatic carbocycles. The van der Waals surface area contributed by atoms with Crippen molar-refractivity contribution < 1.29 is 4.79 Å². The fourth-order valence-corrected chi connectivity index (χ4v) is 2.32. The largest absolute Gasteiger partial charge is 0.322 e. The average molecular weight is 324 g/mol. The monoisotopic (exact) mass is 323 g/mol. The number of anilines is 1. The molecule has 110 valence electrons. The van der Waals surface area contributed by atoms with Crippen molar-refractivity contribution in [3.8, 4) is 0 Å². The second kappa shape index (κ2) is 7.41. The lowest BCUT2D eigenvalue weighted by atomic mass is 10.1. The van der Waals surface area contributed by atoms with Gasteiger partial charge < -0.3 is 10.6 Å². The number of nitrogens with zero attached hydrogens (tertiary/aromatic N) is 1. The van der Waals surface area contributed by atoms with Crippen molar-refractivity contribution in [1.82, 2.24) is 10.3 Å². The zero-order chi connectivity index (χ0) is 15.2. The van der Waals surface area contributed by atoms with E-state index in [2.05, 4.69) is 15.6 Å². The van der Waals surface area contributed by atoms with Gasteiger partial charge in [-0.3, -0.25) is 4.79 Å². The summed E-state index contributed by atoms with van der Waals surface area (Å²) in [5.41, 5.74) is 1.45. The maximum absolute atomic E-state index is 11.9. The van der Waals surface area contributed by atoms with Crippen molar-refractivity contribution in [3.05, 3.63) is 58.3 Å². The summed E-state index contributed by atoms with van der Waals surface area (Å²) in [6, 6.07) is 10.9. The molecule has 1 atom stereocenters. The van der Waals surface area contributed by atoms with Crippen molar-refractivity contribution in [2.24, 2.45) is 0 Å². The second-order valence-corrected chi connectivity index (χ2v) is 5.28. The predicted octanol–water partition coefficient (Wildman–Crippen LogP) is 3.68. The molecule has 0 aliphatic heterocycles. The van der Waals surface area contributed by atoms with Crippen LogP contribution >= 0.6 is 23.2 Å². The van der Waals surface area contributed by atoms with Gasteiger partial charge >= 0.3 is 0 Å². The van der Waals surface area contributed by atoms with Crippen LogP contribution in [0.2, 0.25) is 10.2 Å². The number of hydrogen-bond acceptors (Lipinski definition) is 3. The van der Waals surface area contributed by atoms with E-state index in [0.29, 0.717) is 10.7 Å². The lowest BCUT2D eigenvalue weighted by Crippen LogP contribution is -2.30. The number of nitrogens with one attached hydrogen (secondary N) is 2. The van der Waals surface area contributed by atoms with Gasteiger partial charge in [0.05, 0.1) is 12.2 Å². The molecular formula is C15H15Cl2N3O. The van der Waals surface area contributed by atoms with E-state index in [4.69, 9.17) is 23.2 Å². The molecule has 0 saturated heterocycles. The highest BCUT2D eigenvalue weighted by molar-refractivity contribution is 6.32. The highest BCUT2D eigenvalue weighted by atomic mass is 35.5. The highest BCUT2D eigenvalue weighted by Gasteiger charge is 2.11. The van der Waals surface area contributed by atoms with Gasteiger partial charge in [-0.15, -0.1) is 0 Å². The number of aromatic nitrogens is 1. The molecule has 1 aromatic carbocycles. The SMILES string of the molecule is CC(NCC(=O)Nc1cccnc1Cl)c1ccccc1Cl. The molecule has 1 heterocycles. The quantitative estimate of drug-likeness (QED) is 0.825. The van der Waals surface area contributed by atoms with Crippen LogP contribution in [0.3, 0.4) is 0 Å². The van der Waals surface area contributed by atoms with Gasteiger partial charge in [0.2, 0.25) is 5.91 Å². The molecule has 0 aliphatic rings. The second-order valence-electron chi connectivity index (χ2n) is 4.51. The van der Waals surface area contributed by atoms with Gasteiger partial charge in [0, 0.05) is 17.3 Å². The Morgan fingerprint density at radius 2 is 2.00 bits per heavy atom. The summed E-state index contributed by atoms with van der Waals surface area (Å²) in [6.07, 6.45) is 1.57. The van der Waals surface area contributed by atoms with Crippen molar-refractivity contribution in [1.29, 1.82) is 0 Å². The Balaban J connectivity index is 1.90. The molecule has 1 unspecified atom stereocenters. The third kappa shape index (κ3) is 4.43. The summed E-state index contributed by atoms with van der Waals surface area (Å²) < 4.78 is 0. The number of amides is 1. The normalized spacial score (nSPS) is 12.0. The van der Waals surface area contributed by atoms with Crippen LogP contribution in [0, 0.1) is 0 Å². The first-order valence-corrected chi connectivity index (χ1v) is 7.21. The van der Waals surface area contributed by atoms with E-state index in [1.807, 2.05) is 31.2 Å². The standard InChI is InChI=1S/C15H15Cl2N3O/c1-10(11-5-2-3-6-12(11)16)19-9-14(21)20-13-7-4-8-18-15(13)17/h2-8,10,19H,9H2,1H3,(H,20,21). The van der Waals surface area contributed by atoms with Gasteiger partial charge in [0.1, 0.15) is 0 Å². The third-order valence-corrected chi connectivity index (χ3v) is 3.62. The minimum absolute atomic E-state index is 0.0335. The minimum Gasteiger partial charge on any atom is -0.322 e. The molecule has 1 amide bonds. The van der Waals surface area contributed by atoms with E-state index in [0.717, 1.165) is 5.56 Å². The Hall–Kier alpha value is -1.62. The van der Waals surface area contributed by atoms with Crippen molar-refractivity contribution in [2.75, 3.05) is 11.9 Å². The number of hydrogen-bond donors (Lipinski definition) is 2. The van der Waals surface area contributed by atoms with Gasteiger partial charge in [-0.25, -0.2) is 4.98 Å². The molecule has 0 fully saturated rings. The molecule has 1 aromatic heterocycles. The molecule has 2 N–H and O–H groups in total. The summed E-state index contributed by atoms with van der Waals surface area (Å²) in [7, 11) is 0. The van der Waals surface area contributed by atoms with E-state index in [1.165, 1.54) is 0 Å². The van der Waals surface area contributed by atoms with Crippen LogP contribution < -0.4 is 10.6 Å². The number of carbonyl (C=O) groups is 1. The molecular weight excluding hydrogens is 309 g/mol. The fraction of sp³-hybridized carbons (Fsp3) is 0.200. The zero-order valence-electron chi connectivity index (χ0n) is 11.4. The molecule has 0 radical (unpaired) electrons. The Morgan fingerprint density at radius 1 is 1.24 bits per heavy atom. The van der Waals surface area contributed by atoms with Crippen LogP contribution in [0.15, 0.2) is 42.6 Å². The topological polar surface area (TPSA) is 54.0 Å². The lowest BCUT2D eigenvalue weighted by Gasteiger charge is -2.15. The van der Waals surface area contributed by atoms with Crippen molar-refractivity contribution >= 4 is 34.8 Å². The summed E-state index contributed by atoms with van der Waals surface area (Å²) in [6.45, 7) is 2.10. The van der Waals surface area contributed by atoms with E-state index < -0.39 is 0 Å². The van der Waals surface area contributed by atoms with E-state index in [-0.39, 0.29) is 23.6 Å². The first kappa shape index (κ1) is 15.8. The lowest BCUT2D eigenvalue weighted by molar-refractivity contribution is -0.115. The molecule has 4 nitrogen and oxygen atoms in total.